The fraction of sp³-hybridized carbons (Fsp3) is 0.0909. The third-order valence-corrected chi connectivity index (χ3v) is 5.11. The van der Waals surface area contributed by atoms with Crippen LogP contribution in [0.15, 0.2) is 85.5 Å². The predicted octanol–water partition coefficient (Wildman–Crippen LogP) is 3.56. The van der Waals surface area contributed by atoms with Crippen molar-refractivity contribution >= 4 is 22.5 Å². The number of benzene rings is 2. The van der Waals surface area contributed by atoms with Crippen molar-refractivity contribution in [2.24, 2.45) is 0 Å². The van der Waals surface area contributed by atoms with Crippen molar-refractivity contribution in [3.8, 4) is 11.4 Å². The predicted molar refractivity (Wildman–Crippen MR) is 114 cm³/mol. The van der Waals surface area contributed by atoms with Gasteiger partial charge in [0.15, 0.2) is 0 Å². The second kappa shape index (κ2) is 7.73. The van der Waals surface area contributed by atoms with Crippen LogP contribution in [0.2, 0.25) is 5.02 Å². The number of hydrogen-bond acceptors (Lipinski definition) is 6. The van der Waals surface area contributed by atoms with Crippen LogP contribution < -0.4 is 11.2 Å². The molecule has 0 spiro atoms. The topological polar surface area (TPSA) is 96.1 Å². The van der Waals surface area contributed by atoms with Gasteiger partial charge in [0.05, 0.1) is 23.7 Å². The zero-order chi connectivity index (χ0) is 21.4. The quantitative estimate of drug-likeness (QED) is 0.419. The average molecular weight is 435 g/mol. The molecule has 0 bridgehead atoms. The number of para-hydroxylation sites is 1. The van der Waals surface area contributed by atoms with E-state index in [9.17, 15) is 9.59 Å². The van der Waals surface area contributed by atoms with Crippen LogP contribution in [0.5, 0.6) is 0 Å². The molecule has 0 radical (unpaired) electrons. The lowest BCUT2D eigenvalue weighted by Gasteiger charge is -2.12. The summed E-state index contributed by atoms with van der Waals surface area (Å²) in [4.78, 5) is 30.6. The number of halogens is 1. The summed E-state index contributed by atoms with van der Waals surface area (Å²) in [5, 5.41) is 4.95. The summed E-state index contributed by atoms with van der Waals surface area (Å²) in [7, 11) is 0. The molecule has 5 rings (SSSR count). The van der Waals surface area contributed by atoms with E-state index in [2.05, 4.69) is 10.1 Å². The van der Waals surface area contributed by atoms with E-state index in [0.717, 1.165) is 4.57 Å². The van der Waals surface area contributed by atoms with Crippen LogP contribution in [-0.4, -0.2) is 19.3 Å². The minimum Gasteiger partial charge on any atom is -0.467 e. The summed E-state index contributed by atoms with van der Waals surface area (Å²) in [5.41, 5.74) is 0.291. The largest absolute Gasteiger partial charge is 0.467 e. The Hall–Kier alpha value is -3.91. The highest BCUT2D eigenvalue weighted by atomic mass is 35.5. The van der Waals surface area contributed by atoms with Gasteiger partial charge >= 0.3 is 5.69 Å². The Balaban J connectivity index is 1.60. The number of fused-ring (bicyclic) bond motifs is 1. The Morgan fingerprint density at radius 2 is 1.81 bits per heavy atom. The monoisotopic (exact) mass is 434 g/mol. The van der Waals surface area contributed by atoms with E-state index >= 15 is 0 Å². The summed E-state index contributed by atoms with van der Waals surface area (Å²) in [5.74, 6) is 1.09. The molecular formula is C22H15ClN4O4. The van der Waals surface area contributed by atoms with Crippen LogP contribution in [0, 0.1) is 0 Å². The fourth-order valence-corrected chi connectivity index (χ4v) is 3.61. The minimum atomic E-state index is -0.498. The highest BCUT2D eigenvalue weighted by Crippen LogP contribution is 2.20. The number of furan rings is 1. The zero-order valence-corrected chi connectivity index (χ0v) is 16.8. The van der Waals surface area contributed by atoms with Crippen molar-refractivity contribution in [2.75, 3.05) is 0 Å². The third kappa shape index (κ3) is 3.57. The minimum absolute atomic E-state index is 0.00530. The smallest absolute Gasteiger partial charge is 0.332 e. The molecule has 0 saturated carbocycles. The normalized spacial score (nSPS) is 11.3. The molecule has 8 nitrogen and oxygen atoms in total. The molecule has 0 aliphatic heterocycles. The lowest BCUT2D eigenvalue weighted by Crippen LogP contribution is -2.40. The maximum Gasteiger partial charge on any atom is 0.332 e. The SMILES string of the molecule is O=c1c2ccccc2n(Cc2nc(-c3cccc(Cl)c3)no2)c(=O)n1Cc1ccco1. The number of aromatic nitrogens is 4. The van der Waals surface area contributed by atoms with Crippen LogP contribution in [0.3, 0.4) is 0 Å². The maximum absolute atomic E-state index is 13.2. The molecule has 31 heavy (non-hydrogen) atoms. The van der Waals surface area contributed by atoms with Crippen molar-refractivity contribution < 1.29 is 8.94 Å². The zero-order valence-electron chi connectivity index (χ0n) is 16.1. The summed E-state index contributed by atoms with van der Waals surface area (Å²) < 4.78 is 13.3. The molecular weight excluding hydrogens is 420 g/mol. The van der Waals surface area contributed by atoms with E-state index in [-0.39, 0.29) is 19.0 Å². The van der Waals surface area contributed by atoms with E-state index in [1.165, 1.54) is 10.8 Å². The molecule has 5 aromatic rings. The molecule has 0 atom stereocenters. The Bertz CT molecular complexity index is 1500. The van der Waals surface area contributed by atoms with Gasteiger partial charge in [-0.1, -0.05) is 41.0 Å². The van der Waals surface area contributed by atoms with Gasteiger partial charge in [-0.2, -0.15) is 4.98 Å². The van der Waals surface area contributed by atoms with Gasteiger partial charge in [-0.05, 0) is 36.4 Å². The van der Waals surface area contributed by atoms with E-state index < -0.39 is 11.2 Å². The van der Waals surface area contributed by atoms with Crippen molar-refractivity contribution in [3.05, 3.63) is 104 Å². The molecule has 0 N–H and O–H groups in total. The summed E-state index contributed by atoms with van der Waals surface area (Å²) in [6.07, 6.45) is 1.50. The van der Waals surface area contributed by atoms with Crippen LogP contribution in [0.1, 0.15) is 11.7 Å². The molecule has 0 fully saturated rings. The molecule has 3 aromatic heterocycles. The van der Waals surface area contributed by atoms with Gasteiger partial charge in [-0.3, -0.25) is 13.9 Å². The maximum atomic E-state index is 13.2. The number of hydrogen-bond donors (Lipinski definition) is 0. The van der Waals surface area contributed by atoms with Crippen LogP contribution >= 0.6 is 11.6 Å². The molecule has 0 aliphatic carbocycles. The molecule has 0 amide bonds. The molecule has 0 saturated heterocycles. The van der Waals surface area contributed by atoms with Crippen molar-refractivity contribution in [2.45, 2.75) is 13.1 Å². The van der Waals surface area contributed by atoms with E-state index in [0.29, 0.717) is 33.1 Å². The Labute approximate surface area is 179 Å². The molecule has 9 heteroatoms. The molecule has 3 heterocycles. The van der Waals surface area contributed by atoms with Gasteiger partial charge in [0.1, 0.15) is 12.3 Å². The molecule has 154 valence electrons. The summed E-state index contributed by atoms with van der Waals surface area (Å²) >= 11 is 6.04. The van der Waals surface area contributed by atoms with Crippen LogP contribution in [0.4, 0.5) is 0 Å². The van der Waals surface area contributed by atoms with Crippen molar-refractivity contribution in [3.63, 3.8) is 0 Å². The number of rotatable bonds is 5. The first-order valence-corrected chi connectivity index (χ1v) is 9.81. The first-order chi connectivity index (χ1) is 15.1. The molecule has 0 aliphatic rings. The van der Waals surface area contributed by atoms with Crippen molar-refractivity contribution in [1.82, 2.24) is 19.3 Å². The molecule has 2 aromatic carbocycles. The Morgan fingerprint density at radius 1 is 0.935 bits per heavy atom. The number of nitrogens with zero attached hydrogens (tertiary/aromatic N) is 4. The van der Waals surface area contributed by atoms with Crippen LogP contribution in [0.25, 0.3) is 22.3 Å². The van der Waals surface area contributed by atoms with Gasteiger partial charge in [0.2, 0.25) is 11.7 Å². The highest BCUT2D eigenvalue weighted by molar-refractivity contribution is 6.30. The van der Waals surface area contributed by atoms with Gasteiger partial charge in [0, 0.05) is 10.6 Å². The van der Waals surface area contributed by atoms with E-state index in [4.69, 9.17) is 20.5 Å². The Morgan fingerprint density at radius 3 is 2.61 bits per heavy atom. The molecule has 0 unspecified atom stereocenters. The highest BCUT2D eigenvalue weighted by Gasteiger charge is 2.17. The lowest BCUT2D eigenvalue weighted by atomic mass is 10.2. The Kier molecular flexibility index (Phi) is 4.76. The first-order valence-electron chi connectivity index (χ1n) is 9.43. The van der Waals surface area contributed by atoms with E-state index in [1.807, 2.05) is 6.07 Å². The summed E-state index contributed by atoms with van der Waals surface area (Å²) in [6, 6.07) is 17.4. The standard InChI is InChI=1S/C22H15ClN4O4/c23-15-6-3-5-14(11-15)20-24-19(31-25-20)13-26-18-9-2-1-8-17(18)21(28)27(22(26)29)12-16-7-4-10-30-16/h1-11H,12-13H2. The van der Waals surface area contributed by atoms with Gasteiger partial charge in [0.25, 0.3) is 5.56 Å². The first kappa shape index (κ1) is 19.1. The van der Waals surface area contributed by atoms with Gasteiger partial charge < -0.3 is 8.94 Å². The second-order valence-corrected chi connectivity index (χ2v) is 7.32. The third-order valence-electron chi connectivity index (χ3n) is 4.87. The van der Waals surface area contributed by atoms with E-state index in [1.54, 1.807) is 54.6 Å². The van der Waals surface area contributed by atoms with Crippen molar-refractivity contribution in [1.29, 1.82) is 0 Å². The van der Waals surface area contributed by atoms with Gasteiger partial charge in [-0.15, -0.1) is 0 Å². The summed E-state index contributed by atoms with van der Waals surface area (Å²) in [6.45, 7) is 0.0262. The van der Waals surface area contributed by atoms with Gasteiger partial charge in [-0.25, -0.2) is 4.79 Å². The second-order valence-electron chi connectivity index (χ2n) is 6.88. The fourth-order valence-electron chi connectivity index (χ4n) is 3.42. The average Bonchev–Trinajstić information content (AvgIpc) is 3.46. The lowest BCUT2D eigenvalue weighted by molar-refractivity contribution is 0.369. The van der Waals surface area contributed by atoms with Crippen LogP contribution in [-0.2, 0) is 13.1 Å².